The van der Waals surface area contributed by atoms with Gasteiger partial charge in [-0.25, -0.2) is 4.57 Å². The molecule has 150 valence electrons. The molecule has 0 spiro atoms. The van der Waals surface area contributed by atoms with Crippen molar-refractivity contribution in [3.8, 4) is 17.3 Å². The van der Waals surface area contributed by atoms with Crippen molar-refractivity contribution in [3.05, 3.63) is 94.3 Å². The average molecular weight is 398 g/mol. The van der Waals surface area contributed by atoms with Gasteiger partial charge >= 0.3 is 0 Å². The molecule has 0 atom stereocenters. The summed E-state index contributed by atoms with van der Waals surface area (Å²) in [4.78, 5) is 17.8. The van der Waals surface area contributed by atoms with Crippen LogP contribution in [0, 0.1) is 0 Å². The predicted octanol–water partition coefficient (Wildman–Crippen LogP) is 5.02. The molecule has 3 aromatic carbocycles. The Hall–Kier alpha value is -3.86. The van der Waals surface area contributed by atoms with Crippen molar-refractivity contribution in [2.45, 2.75) is 13.3 Å². The number of rotatable bonds is 5. The van der Waals surface area contributed by atoms with E-state index in [0.717, 1.165) is 17.7 Å². The number of para-hydroxylation sites is 1. The summed E-state index contributed by atoms with van der Waals surface area (Å²) in [7, 11) is 1.58. The van der Waals surface area contributed by atoms with E-state index in [9.17, 15) is 9.90 Å². The molecule has 4 aromatic rings. The van der Waals surface area contributed by atoms with Gasteiger partial charge < -0.3 is 9.84 Å². The number of nitrogens with zero attached hydrogens (tertiary/aromatic N) is 2. The van der Waals surface area contributed by atoms with E-state index in [1.165, 1.54) is 4.57 Å². The van der Waals surface area contributed by atoms with Gasteiger partial charge in [0.15, 0.2) is 0 Å². The van der Waals surface area contributed by atoms with E-state index in [-0.39, 0.29) is 11.4 Å². The van der Waals surface area contributed by atoms with Gasteiger partial charge in [0, 0.05) is 17.0 Å². The fraction of sp³-hybridized carbons (Fsp3) is 0.120. The quantitative estimate of drug-likeness (QED) is 0.480. The molecule has 0 amide bonds. The minimum Gasteiger partial charge on any atom is -0.497 e. The summed E-state index contributed by atoms with van der Waals surface area (Å²) in [5.74, 6) is 0.520. The Morgan fingerprint density at radius 1 is 0.967 bits per heavy atom. The topological polar surface area (TPSA) is 63.8 Å². The molecule has 0 saturated heterocycles. The van der Waals surface area contributed by atoms with Gasteiger partial charge in [-0.15, -0.1) is 0 Å². The largest absolute Gasteiger partial charge is 0.497 e. The van der Waals surface area contributed by atoms with Gasteiger partial charge in [-0.05, 0) is 48.4 Å². The lowest BCUT2D eigenvalue weighted by Crippen LogP contribution is -2.20. The summed E-state index contributed by atoms with van der Waals surface area (Å²) in [6.07, 6.45) is 2.48. The summed E-state index contributed by atoms with van der Waals surface area (Å²) < 4.78 is 6.50. The fourth-order valence-corrected chi connectivity index (χ4v) is 3.53. The average Bonchev–Trinajstić information content (AvgIpc) is 2.80. The number of aromatic hydroxyl groups is 1. The Morgan fingerprint density at radius 3 is 2.33 bits per heavy atom. The van der Waals surface area contributed by atoms with Crippen LogP contribution in [0.25, 0.3) is 16.5 Å². The zero-order valence-corrected chi connectivity index (χ0v) is 16.9. The summed E-state index contributed by atoms with van der Waals surface area (Å²) in [6.45, 7) is 2.07. The summed E-state index contributed by atoms with van der Waals surface area (Å²) in [5.41, 5.74) is 2.70. The predicted molar refractivity (Wildman–Crippen MR) is 121 cm³/mol. The second-order valence-electron chi connectivity index (χ2n) is 6.86. The molecule has 4 rings (SSSR count). The molecule has 0 aliphatic carbocycles. The van der Waals surface area contributed by atoms with Crippen molar-refractivity contribution in [2.75, 3.05) is 7.11 Å². The van der Waals surface area contributed by atoms with Crippen LogP contribution in [0.5, 0.6) is 11.6 Å². The number of hydrogen-bond donors (Lipinski definition) is 1. The Bertz CT molecular complexity index is 1290. The molecule has 0 unspecified atom stereocenters. The van der Waals surface area contributed by atoms with Crippen LogP contribution in [0.4, 0.5) is 5.69 Å². The Kier molecular flexibility index (Phi) is 5.35. The zero-order chi connectivity index (χ0) is 21.1. The third-order valence-electron chi connectivity index (χ3n) is 5.14. The van der Waals surface area contributed by atoms with Crippen LogP contribution in [-0.4, -0.2) is 23.0 Å². The van der Waals surface area contributed by atoms with Gasteiger partial charge in [-0.3, -0.25) is 9.79 Å². The van der Waals surface area contributed by atoms with Crippen molar-refractivity contribution in [3.63, 3.8) is 0 Å². The lowest BCUT2D eigenvalue weighted by Gasteiger charge is -2.14. The number of ether oxygens (including phenoxy) is 1. The number of aromatic nitrogens is 1. The zero-order valence-electron chi connectivity index (χ0n) is 16.9. The van der Waals surface area contributed by atoms with Crippen LogP contribution < -0.4 is 10.3 Å². The molecule has 30 heavy (non-hydrogen) atoms. The van der Waals surface area contributed by atoms with E-state index in [1.54, 1.807) is 43.7 Å². The number of benzene rings is 3. The highest BCUT2D eigenvalue weighted by Gasteiger charge is 2.16. The Balaban J connectivity index is 1.95. The second kappa shape index (κ2) is 8.25. The normalized spacial score (nSPS) is 11.3. The van der Waals surface area contributed by atoms with Crippen LogP contribution in [0.15, 0.2) is 82.6 Å². The maximum atomic E-state index is 13.2. The minimum atomic E-state index is -0.292. The maximum Gasteiger partial charge on any atom is 0.265 e. The molecule has 5 heteroatoms. The molecule has 0 radical (unpaired) electrons. The molecule has 1 aromatic heterocycles. The van der Waals surface area contributed by atoms with Gasteiger partial charge in [-0.2, -0.15) is 0 Å². The monoisotopic (exact) mass is 398 g/mol. The van der Waals surface area contributed by atoms with Crippen LogP contribution in [-0.2, 0) is 6.42 Å². The van der Waals surface area contributed by atoms with Crippen molar-refractivity contribution in [2.24, 2.45) is 4.99 Å². The van der Waals surface area contributed by atoms with Crippen LogP contribution in [0.1, 0.15) is 18.1 Å². The SMILES string of the molecule is CCc1ccccc1N=Cc1c(O)n(-c2ccc(OC)cc2)c(=O)c2ccccc12. The number of methoxy groups -OCH3 is 1. The highest BCUT2D eigenvalue weighted by Crippen LogP contribution is 2.28. The molecule has 0 bridgehead atoms. The number of hydrogen-bond acceptors (Lipinski definition) is 4. The highest BCUT2D eigenvalue weighted by molar-refractivity contribution is 6.02. The third kappa shape index (κ3) is 3.46. The third-order valence-corrected chi connectivity index (χ3v) is 5.14. The van der Waals surface area contributed by atoms with Crippen molar-refractivity contribution in [1.29, 1.82) is 0 Å². The van der Waals surface area contributed by atoms with E-state index < -0.39 is 0 Å². The summed E-state index contributed by atoms with van der Waals surface area (Å²) in [6, 6.07) is 22.1. The fourth-order valence-electron chi connectivity index (χ4n) is 3.53. The van der Waals surface area contributed by atoms with Crippen molar-refractivity contribution >= 4 is 22.7 Å². The number of pyridine rings is 1. The molecule has 0 aliphatic heterocycles. The number of aryl methyl sites for hydroxylation is 1. The van der Waals surface area contributed by atoms with Crippen LogP contribution in [0.3, 0.4) is 0 Å². The molecule has 5 nitrogen and oxygen atoms in total. The van der Waals surface area contributed by atoms with Gasteiger partial charge in [-0.1, -0.05) is 43.3 Å². The van der Waals surface area contributed by atoms with Crippen molar-refractivity contribution < 1.29 is 9.84 Å². The van der Waals surface area contributed by atoms with Crippen LogP contribution in [0.2, 0.25) is 0 Å². The second-order valence-corrected chi connectivity index (χ2v) is 6.86. The highest BCUT2D eigenvalue weighted by atomic mass is 16.5. The van der Waals surface area contributed by atoms with Crippen molar-refractivity contribution in [1.82, 2.24) is 4.57 Å². The van der Waals surface area contributed by atoms with Gasteiger partial charge in [0.05, 0.1) is 24.0 Å². The van der Waals surface area contributed by atoms with Gasteiger partial charge in [0.2, 0.25) is 5.88 Å². The standard InChI is InChI=1S/C25H22N2O3/c1-3-17-8-4-7-11-23(17)26-16-22-20-9-5-6-10-21(20)24(28)27(25(22)29)18-12-14-19(30-2)15-13-18/h4-16,29H,3H2,1-2H3. The first-order valence-corrected chi connectivity index (χ1v) is 9.77. The lowest BCUT2D eigenvalue weighted by molar-refractivity contribution is 0.414. The Labute approximate surface area is 174 Å². The minimum absolute atomic E-state index is 0.151. The maximum absolute atomic E-state index is 13.2. The molecule has 0 saturated carbocycles. The van der Waals surface area contributed by atoms with Crippen LogP contribution >= 0.6 is 0 Å². The van der Waals surface area contributed by atoms with E-state index >= 15 is 0 Å². The van der Waals surface area contributed by atoms with Gasteiger partial charge in [0.1, 0.15) is 5.75 Å². The smallest absolute Gasteiger partial charge is 0.265 e. The molecule has 1 heterocycles. The molecule has 1 N–H and O–H groups in total. The number of fused-ring (bicyclic) bond motifs is 1. The van der Waals surface area contributed by atoms with E-state index in [2.05, 4.69) is 11.9 Å². The lowest BCUT2D eigenvalue weighted by atomic mass is 10.1. The first-order chi connectivity index (χ1) is 14.6. The first kappa shape index (κ1) is 19.5. The van der Waals surface area contributed by atoms with Gasteiger partial charge in [0.25, 0.3) is 5.56 Å². The number of aliphatic imine (C=N–C) groups is 1. The molecule has 0 fully saturated rings. The molecule has 0 aliphatic rings. The molecular formula is C25H22N2O3. The van der Waals surface area contributed by atoms with E-state index in [1.807, 2.05) is 42.5 Å². The first-order valence-electron chi connectivity index (χ1n) is 9.77. The van der Waals surface area contributed by atoms with E-state index in [0.29, 0.717) is 27.8 Å². The van der Waals surface area contributed by atoms with E-state index in [4.69, 9.17) is 4.74 Å². The Morgan fingerprint density at radius 2 is 1.63 bits per heavy atom. The summed E-state index contributed by atoms with van der Waals surface area (Å²) >= 11 is 0. The molecular weight excluding hydrogens is 376 g/mol. The summed E-state index contributed by atoms with van der Waals surface area (Å²) in [5, 5.41) is 12.3.